The van der Waals surface area contributed by atoms with Crippen molar-refractivity contribution >= 4 is 11.8 Å². The lowest BCUT2D eigenvalue weighted by Crippen LogP contribution is -2.61. The predicted molar refractivity (Wildman–Crippen MR) is 97.8 cm³/mol. The number of hydrogen-bond donors (Lipinski definition) is 2. The van der Waals surface area contributed by atoms with E-state index < -0.39 is 0 Å². The molecule has 2 amide bonds. The molecule has 1 unspecified atom stereocenters. The molecule has 0 radical (unpaired) electrons. The van der Waals surface area contributed by atoms with Crippen LogP contribution in [0, 0.1) is 18.8 Å². The van der Waals surface area contributed by atoms with Crippen LogP contribution in [-0.4, -0.2) is 53.0 Å². The molecule has 26 heavy (non-hydrogen) atoms. The van der Waals surface area contributed by atoms with E-state index >= 15 is 0 Å². The smallest absolute Gasteiger partial charge is 0.270 e. The van der Waals surface area contributed by atoms with Gasteiger partial charge in [-0.15, -0.1) is 0 Å². The Morgan fingerprint density at radius 3 is 2.69 bits per heavy atom. The third kappa shape index (κ3) is 3.15. The van der Waals surface area contributed by atoms with Gasteiger partial charge in [0.25, 0.3) is 5.91 Å². The van der Waals surface area contributed by atoms with Gasteiger partial charge in [-0.05, 0) is 56.6 Å². The van der Waals surface area contributed by atoms with Crippen molar-refractivity contribution in [1.82, 2.24) is 15.2 Å². The Balaban J connectivity index is 1.41. The maximum absolute atomic E-state index is 12.7. The largest absolute Gasteiger partial charge is 0.373 e. The summed E-state index contributed by atoms with van der Waals surface area (Å²) < 4.78 is 6.23. The van der Waals surface area contributed by atoms with Crippen molar-refractivity contribution in [3.8, 4) is 0 Å². The van der Waals surface area contributed by atoms with Crippen molar-refractivity contribution in [2.24, 2.45) is 11.8 Å². The van der Waals surface area contributed by atoms with Gasteiger partial charge in [-0.1, -0.05) is 6.92 Å². The number of hydrogen-bond acceptors (Lipinski definition) is 3. The number of carbonyl (C=O) groups is 2. The number of ether oxygens (including phenoxy) is 1. The van der Waals surface area contributed by atoms with E-state index in [9.17, 15) is 9.59 Å². The van der Waals surface area contributed by atoms with Crippen molar-refractivity contribution in [3.05, 3.63) is 23.5 Å². The van der Waals surface area contributed by atoms with E-state index in [-0.39, 0.29) is 29.4 Å². The van der Waals surface area contributed by atoms with Crippen molar-refractivity contribution in [3.63, 3.8) is 0 Å². The number of aromatic nitrogens is 1. The molecule has 1 aliphatic carbocycles. The molecule has 142 valence electrons. The molecule has 2 aliphatic heterocycles. The van der Waals surface area contributed by atoms with Crippen LogP contribution in [0.15, 0.2) is 12.3 Å². The zero-order chi connectivity index (χ0) is 18.3. The minimum absolute atomic E-state index is 0.0607. The number of aryl methyl sites for hydroxylation is 1. The van der Waals surface area contributed by atoms with E-state index in [1.807, 2.05) is 24.1 Å². The predicted octanol–water partition coefficient (Wildman–Crippen LogP) is 2.25. The zero-order valence-corrected chi connectivity index (χ0v) is 15.7. The highest BCUT2D eigenvalue weighted by atomic mass is 16.5. The van der Waals surface area contributed by atoms with Crippen LogP contribution in [0.1, 0.15) is 55.1 Å². The first-order valence-electron chi connectivity index (χ1n) is 9.88. The molecule has 3 aliphatic rings. The van der Waals surface area contributed by atoms with E-state index in [2.05, 4.69) is 17.2 Å². The fraction of sp³-hybridized carbons (Fsp3) is 0.700. The van der Waals surface area contributed by atoms with Crippen LogP contribution in [0.25, 0.3) is 0 Å². The fourth-order valence-corrected chi connectivity index (χ4v) is 4.51. The highest BCUT2D eigenvalue weighted by molar-refractivity contribution is 5.94. The molecule has 3 fully saturated rings. The number of carbonyl (C=O) groups excluding carboxylic acids is 2. The maximum atomic E-state index is 12.7. The molecule has 0 aromatic carbocycles. The second-order valence-corrected chi connectivity index (χ2v) is 8.26. The minimum Gasteiger partial charge on any atom is -0.373 e. The summed E-state index contributed by atoms with van der Waals surface area (Å²) >= 11 is 0. The number of likely N-dealkylation sites (tertiary alicyclic amines) is 1. The lowest BCUT2D eigenvalue weighted by atomic mass is 9.80. The molecule has 3 atom stereocenters. The Hall–Kier alpha value is -1.82. The van der Waals surface area contributed by atoms with Gasteiger partial charge in [0.1, 0.15) is 5.69 Å². The van der Waals surface area contributed by atoms with Crippen molar-refractivity contribution in [2.45, 2.75) is 57.6 Å². The van der Waals surface area contributed by atoms with Crippen LogP contribution in [0.3, 0.4) is 0 Å². The highest BCUT2D eigenvalue weighted by Gasteiger charge is 2.48. The topological polar surface area (TPSA) is 74.4 Å². The van der Waals surface area contributed by atoms with Crippen molar-refractivity contribution in [1.29, 1.82) is 0 Å². The molecule has 1 aromatic rings. The maximum Gasteiger partial charge on any atom is 0.270 e. The molecule has 2 saturated heterocycles. The molecule has 2 N–H and O–H groups in total. The quantitative estimate of drug-likeness (QED) is 0.869. The molecular formula is C20H29N3O3. The number of aromatic amines is 1. The van der Waals surface area contributed by atoms with Crippen molar-refractivity contribution in [2.75, 3.05) is 19.7 Å². The van der Waals surface area contributed by atoms with E-state index in [4.69, 9.17) is 4.74 Å². The molecule has 0 bridgehead atoms. The van der Waals surface area contributed by atoms with Crippen LogP contribution in [0.5, 0.6) is 0 Å². The molecule has 3 heterocycles. The second kappa shape index (κ2) is 6.72. The van der Waals surface area contributed by atoms with Gasteiger partial charge in [-0.3, -0.25) is 9.59 Å². The number of nitrogens with zero attached hydrogens (tertiary/aromatic N) is 1. The first-order chi connectivity index (χ1) is 12.5. The summed E-state index contributed by atoms with van der Waals surface area (Å²) in [4.78, 5) is 30.1. The van der Waals surface area contributed by atoms with Crippen LogP contribution in [0.2, 0.25) is 0 Å². The summed E-state index contributed by atoms with van der Waals surface area (Å²) in [5, 5.41) is 3.28. The van der Waals surface area contributed by atoms with Crippen molar-refractivity contribution < 1.29 is 14.3 Å². The number of amides is 2. The number of H-pyrrole nitrogens is 1. The van der Waals surface area contributed by atoms with Gasteiger partial charge in [0.15, 0.2) is 0 Å². The minimum atomic E-state index is -0.312. The monoisotopic (exact) mass is 359 g/mol. The van der Waals surface area contributed by atoms with Gasteiger partial charge in [-0.25, -0.2) is 0 Å². The molecule has 1 spiro atoms. The Labute approximate surface area is 154 Å². The van der Waals surface area contributed by atoms with Crippen LogP contribution < -0.4 is 5.32 Å². The summed E-state index contributed by atoms with van der Waals surface area (Å²) in [5.74, 6) is 0.948. The number of piperidine rings is 1. The van der Waals surface area contributed by atoms with Gasteiger partial charge in [-0.2, -0.15) is 0 Å². The lowest BCUT2D eigenvalue weighted by molar-refractivity contribution is -0.142. The summed E-state index contributed by atoms with van der Waals surface area (Å²) in [5.41, 5.74) is 1.35. The molecule has 1 aromatic heterocycles. The van der Waals surface area contributed by atoms with E-state index in [1.54, 1.807) is 0 Å². The molecule has 6 nitrogen and oxygen atoms in total. The van der Waals surface area contributed by atoms with Crippen LogP contribution in [-0.2, 0) is 9.53 Å². The van der Waals surface area contributed by atoms with E-state index in [0.717, 1.165) is 44.3 Å². The highest BCUT2D eigenvalue weighted by Crippen LogP contribution is 2.40. The standard InChI is InChI=1S/C20H29N3O3/c1-13-5-8-21-17(13)19(25)23-9-6-20(7-10-23)16(4-3-11-26-20)22-18(24)15-12-14(15)2/h5,8,14-16,21H,3-4,6-7,9-12H2,1-2H3,(H,22,24)/t14-,15-,16?/m0/s1. The Morgan fingerprint density at radius 2 is 2.08 bits per heavy atom. The fourth-order valence-electron chi connectivity index (χ4n) is 4.51. The first-order valence-corrected chi connectivity index (χ1v) is 9.88. The summed E-state index contributed by atoms with van der Waals surface area (Å²) in [7, 11) is 0. The number of rotatable bonds is 3. The SMILES string of the molecule is Cc1cc[nH]c1C(=O)N1CCC2(CC1)OCCCC2NC(=O)[C@H]1C[C@@H]1C. The zero-order valence-electron chi connectivity index (χ0n) is 15.7. The van der Waals surface area contributed by atoms with Crippen LogP contribution in [0.4, 0.5) is 0 Å². The summed E-state index contributed by atoms with van der Waals surface area (Å²) in [6.45, 7) is 6.16. The normalized spacial score (nSPS) is 30.2. The van der Waals surface area contributed by atoms with Gasteiger partial charge in [0, 0.05) is 31.8 Å². The molecular weight excluding hydrogens is 330 g/mol. The van der Waals surface area contributed by atoms with Gasteiger partial charge >= 0.3 is 0 Å². The van der Waals surface area contributed by atoms with Gasteiger partial charge < -0.3 is 19.9 Å². The number of nitrogens with one attached hydrogen (secondary N) is 2. The first kappa shape index (κ1) is 17.6. The van der Waals surface area contributed by atoms with Gasteiger partial charge in [0.05, 0.1) is 11.6 Å². The van der Waals surface area contributed by atoms with Crippen LogP contribution >= 0.6 is 0 Å². The lowest BCUT2D eigenvalue weighted by Gasteiger charge is -2.48. The van der Waals surface area contributed by atoms with E-state index in [1.165, 1.54) is 0 Å². The van der Waals surface area contributed by atoms with Gasteiger partial charge in [0.2, 0.25) is 5.91 Å². The molecule has 1 saturated carbocycles. The third-order valence-corrected chi connectivity index (χ3v) is 6.49. The average Bonchev–Trinajstić information content (AvgIpc) is 3.22. The average molecular weight is 359 g/mol. The molecule has 4 rings (SSSR count). The molecule has 6 heteroatoms. The Morgan fingerprint density at radius 1 is 1.35 bits per heavy atom. The Bertz CT molecular complexity index is 690. The third-order valence-electron chi connectivity index (χ3n) is 6.49. The summed E-state index contributed by atoms with van der Waals surface area (Å²) in [6, 6.07) is 1.99. The summed E-state index contributed by atoms with van der Waals surface area (Å²) in [6.07, 6.45) is 6.33. The van der Waals surface area contributed by atoms with E-state index in [0.29, 0.717) is 24.7 Å². The Kier molecular flexibility index (Phi) is 4.55. The second-order valence-electron chi connectivity index (χ2n) is 8.26.